The zero-order valence-corrected chi connectivity index (χ0v) is 19.0. The van der Waals surface area contributed by atoms with Crippen LogP contribution in [-0.2, 0) is 14.8 Å². The highest BCUT2D eigenvalue weighted by atomic mass is 35.5. The molecule has 11 heteroatoms. The number of benzene rings is 2. The molecular weight excluding hydrogens is 458 g/mol. The molecule has 2 aromatic rings. The average Bonchev–Trinajstić information content (AvgIpc) is 2.73. The smallest absolute Gasteiger partial charge is 0.271 e. The Kier molecular flexibility index (Phi) is 7.57. The molecule has 172 valence electrons. The van der Waals surface area contributed by atoms with Gasteiger partial charge in [0.1, 0.15) is 10.6 Å². The molecule has 9 nitrogen and oxygen atoms in total. The number of non-ortho nitro benzene ring substituents is 1. The summed E-state index contributed by atoms with van der Waals surface area (Å²) in [5.74, 6) is -0.0713. The van der Waals surface area contributed by atoms with Gasteiger partial charge in [-0.2, -0.15) is 0 Å². The summed E-state index contributed by atoms with van der Waals surface area (Å²) in [6.45, 7) is 1.43. The Hall–Kier alpha value is -2.85. The standard InChI is InChI=1S/C21H24ClN3O6S/c1-14-10-18(22)20(32(29,30)24-16-8-5-9-17(11-16)25(27)28)12-19(14)31-13-21(26)23-15-6-3-2-4-7-15/h5,8-12,15,24H,2-4,6-7,13H2,1H3,(H,23,26). The van der Waals surface area contributed by atoms with E-state index in [9.17, 15) is 23.3 Å². The van der Waals surface area contributed by atoms with Crippen molar-refractivity contribution in [2.24, 2.45) is 0 Å². The summed E-state index contributed by atoms with van der Waals surface area (Å²) in [6, 6.07) is 7.92. The molecule has 0 unspecified atom stereocenters. The van der Waals surface area contributed by atoms with Crippen molar-refractivity contribution in [3.63, 3.8) is 0 Å². The van der Waals surface area contributed by atoms with Gasteiger partial charge in [-0.3, -0.25) is 19.6 Å². The summed E-state index contributed by atoms with van der Waals surface area (Å²) >= 11 is 6.16. The van der Waals surface area contributed by atoms with Gasteiger partial charge in [0.15, 0.2) is 6.61 Å². The van der Waals surface area contributed by atoms with Crippen LogP contribution in [0.25, 0.3) is 0 Å². The lowest BCUT2D eigenvalue weighted by molar-refractivity contribution is -0.384. The molecule has 1 aliphatic rings. The predicted molar refractivity (Wildman–Crippen MR) is 121 cm³/mol. The number of aryl methyl sites for hydroxylation is 1. The van der Waals surface area contributed by atoms with Crippen LogP contribution in [0.3, 0.4) is 0 Å². The number of nitrogens with one attached hydrogen (secondary N) is 2. The fourth-order valence-electron chi connectivity index (χ4n) is 3.55. The Morgan fingerprint density at radius 3 is 2.62 bits per heavy atom. The quantitative estimate of drug-likeness (QED) is 0.430. The maximum atomic E-state index is 12.9. The van der Waals surface area contributed by atoms with E-state index in [1.165, 1.54) is 36.8 Å². The molecular formula is C21H24ClN3O6S. The van der Waals surface area contributed by atoms with E-state index in [0.29, 0.717) is 5.56 Å². The minimum absolute atomic E-state index is 0.0187. The summed E-state index contributed by atoms with van der Waals surface area (Å²) in [5, 5.41) is 13.8. The molecule has 0 spiro atoms. The van der Waals surface area contributed by atoms with E-state index in [-0.39, 0.29) is 45.6 Å². The number of nitro benzene ring substituents is 1. The molecule has 0 heterocycles. The SMILES string of the molecule is Cc1cc(Cl)c(S(=O)(=O)Nc2cccc([N+](=O)[O-])c2)cc1OCC(=O)NC1CCCCC1. The van der Waals surface area contributed by atoms with Crippen molar-refractivity contribution in [1.82, 2.24) is 5.32 Å². The summed E-state index contributed by atoms with van der Waals surface area (Å²) in [4.78, 5) is 22.3. The van der Waals surface area contributed by atoms with E-state index < -0.39 is 14.9 Å². The van der Waals surface area contributed by atoms with Gasteiger partial charge in [0.05, 0.1) is 15.6 Å². The molecule has 0 atom stereocenters. The molecule has 1 saturated carbocycles. The third-order valence-corrected chi connectivity index (χ3v) is 7.00. The van der Waals surface area contributed by atoms with Crippen LogP contribution in [0.15, 0.2) is 41.3 Å². The molecule has 0 aromatic heterocycles. The van der Waals surface area contributed by atoms with Gasteiger partial charge in [0.25, 0.3) is 21.6 Å². The summed E-state index contributed by atoms with van der Waals surface area (Å²) in [6.07, 6.45) is 5.23. The minimum atomic E-state index is -4.17. The van der Waals surface area contributed by atoms with Gasteiger partial charge in [0, 0.05) is 24.2 Å². The summed E-state index contributed by atoms with van der Waals surface area (Å²) in [5.41, 5.74) is 0.327. The number of nitro groups is 1. The maximum absolute atomic E-state index is 12.9. The highest BCUT2D eigenvalue weighted by Gasteiger charge is 2.22. The van der Waals surface area contributed by atoms with Gasteiger partial charge >= 0.3 is 0 Å². The zero-order chi connectivity index (χ0) is 23.3. The van der Waals surface area contributed by atoms with Crippen LogP contribution in [0.4, 0.5) is 11.4 Å². The first kappa shape index (κ1) is 23.8. The minimum Gasteiger partial charge on any atom is -0.483 e. The second-order valence-corrected chi connectivity index (χ2v) is 9.71. The van der Waals surface area contributed by atoms with Gasteiger partial charge in [-0.1, -0.05) is 36.9 Å². The molecule has 3 rings (SSSR count). The highest BCUT2D eigenvalue weighted by molar-refractivity contribution is 7.92. The van der Waals surface area contributed by atoms with E-state index in [1.54, 1.807) is 6.92 Å². The molecule has 1 aliphatic carbocycles. The fraction of sp³-hybridized carbons (Fsp3) is 0.381. The van der Waals surface area contributed by atoms with Crippen LogP contribution in [0.1, 0.15) is 37.7 Å². The van der Waals surface area contributed by atoms with Crippen LogP contribution in [0.5, 0.6) is 5.75 Å². The van der Waals surface area contributed by atoms with E-state index in [4.69, 9.17) is 16.3 Å². The van der Waals surface area contributed by atoms with E-state index >= 15 is 0 Å². The van der Waals surface area contributed by atoms with Crippen LogP contribution in [-0.4, -0.2) is 31.9 Å². The third-order valence-electron chi connectivity index (χ3n) is 5.16. The second-order valence-electron chi connectivity index (χ2n) is 7.65. The molecule has 0 bridgehead atoms. The number of carbonyl (C=O) groups is 1. The second kappa shape index (κ2) is 10.2. The van der Waals surface area contributed by atoms with E-state index in [1.807, 2.05) is 0 Å². The Morgan fingerprint density at radius 2 is 1.94 bits per heavy atom. The Balaban J connectivity index is 1.74. The normalized spacial score (nSPS) is 14.6. The van der Waals surface area contributed by atoms with Gasteiger partial charge < -0.3 is 10.1 Å². The zero-order valence-electron chi connectivity index (χ0n) is 17.5. The predicted octanol–water partition coefficient (Wildman–Crippen LogP) is 4.19. The van der Waals surface area contributed by atoms with Gasteiger partial charge in [-0.05, 0) is 37.5 Å². The number of halogens is 1. The topological polar surface area (TPSA) is 128 Å². The molecule has 1 amide bonds. The van der Waals surface area contributed by atoms with Crippen molar-refractivity contribution in [3.05, 3.63) is 57.1 Å². The first-order valence-corrected chi connectivity index (χ1v) is 12.0. The van der Waals surface area contributed by atoms with Crippen molar-refractivity contribution in [3.8, 4) is 5.75 Å². The number of sulfonamides is 1. The molecule has 1 fully saturated rings. The molecule has 2 N–H and O–H groups in total. The van der Waals surface area contributed by atoms with Gasteiger partial charge in [0.2, 0.25) is 0 Å². The Morgan fingerprint density at radius 1 is 1.22 bits per heavy atom. The first-order valence-electron chi connectivity index (χ1n) is 10.2. The lowest BCUT2D eigenvalue weighted by Gasteiger charge is -2.22. The van der Waals surface area contributed by atoms with Crippen molar-refractivity contribution >= 4 is 38.9 Å². The lowest BCUT2D eigenvalue weighted by atomic mass is 9.95. The average molecular weight is 482 g/mol. The number of nitrogens with zero attached hydrogens (tertiary/aromatic N) is 1. The van der Waals surface area contributed by atoms with Crippen molar-refractivity contribution in [1.29, 1.82) is 0 Å². The summed E-state index contributed by atoms with van der Waals surface area (Å²) < 4.78 is 33.6. The molecule has 0 aliphatic heterocycles. The largest absolute Gasteiger partial charge is 0.483 e. The fourth-order valence-corrected chi connectivity index (χ4v) is 5.20. The number of ether oxygens (including phenoxy) is 1. The van der Waals surface area contributed by atoms with Gasteiger partial charge in [-0.25, -0.2) is 8.42 Å². The van der Waals surface area contributed by atoms with Crippen LogP contribution in [0.2, 0.25) is 5.02 Å². The number of hydrogen-bond acceptors (Lipinski definition) is 6. The number of anilines is 1. The van der Waals surface area contributed by atoms with E-state index in [2.05, 4.69) is 10.0 Å². The van der Waals surface area contributed by atoms with Crippen LogP contribution < -0.4 is 14.8 Å². The number of hydrogen-bond donors (Lipinski definition) is 2. The van der Waals surface area contributed by atoms with E-state index in [0.717, 1.165) is 31.7 Å². The maximum Gasteiger partial charge on any atom is 0.271 e. The Bertz CT molecular complexity index is 1120. The monoisotopic (exact) mass is 481 g/mol. The highest BCUT2D eigenvalue weighted by Crippen LogP contribution is 2.31. The van der Waals surface area contributed by atoms with Gasteiger partial charge in [-0.15, -0.1) is 0 Å². The van der Waals surface area contributed by atoms with Crippen molar-refractivity contribution in [2.45, 2.75) is 50.0 Å². The molecule has 0 saturated heterocycles. The van der Waals surface area contributed by atoms with Crippen molar-refractivity contribution < 1.29 is 22.9 Å². The first-order chi connectivity index (χ1) is 15.2. The van der Waals surface area contributed by atoms with Crippen LogP contribution in [0, 0.1) is 17.0 Å². The number of amides is 1. The number of carbonyl (C=O) groups excluding carboxylic acids is 1. The Labute approximate surface area is 191 Å². The number of rotatable bonds is 8. The molecule has 32 heavy (non-hydrogen) atoms. The molecule has 0 radical (unpaired) electrons. The lowest BCUT2D eigenvalue weighted by Crippen LogP contribution is -2.39. The van der Waals surface area contributed by atoms with Crippen LogP contribution >= 0.6 is 11.6 Å². The third kappa shape index (κ3) is 6.10. The molecule has 2 aromatic carbocycles. The summed E-state index contributed by atoms with van der Waals surface area (Å²) in [7, 11) is -4.17. The van der Waals surface area contributed by atoms with Crippen molar-refractivity contribution in [2.75, 3.05) is 11.3 Å².